The van der Waals surface area contributed by atoms with Gasteiger partial charge in [0.15, 0.2) is 0 Å². The lowest BCUT2D eigenvalue weighted by Crippen LogP contribution is -2.49. The smallest absolute Gasteiger partial charge is 0.259 e. The number of ether oxygens (including phenoxy) is 1. The maximum atomic E-state index is 13.4. The molecule has 0 saturated carbocycles. The average Bonchev–Trinajstić information content (AvgIpc) is 3.26. The second-order valence-electron chi connectivity index (χ2n) is 9.26. The van der Waals surface area contributed by atoms with E-state index in [1.807, 2.05) is 37.3 Å². The molecule has 0 aliphatic carbocycles. The third kappa shape index (κ3) is 5.93. The number of carbonyl (C=O) groups is 2. The Morgan fingerprint density at radius 1 is 1.17 bits per heavy atom. The molecule has 2 atom stereocenters. The first-order valence-corrected chi connectivity index (χ1v) is 12.3. The first kappa shape index (κ1) is 25.4. The predicted octanol–water partition coefficient (Wildman–Crippen LogP) is 4.64. The minimum absolute atomic E-state index is 0.0266. The fourth-order valence-electron chi connectivity index (χ4n) is 4.65. The zero-order valence-electron chi connectivity index (χ0n) is 20.9. The fraction of sp³-hybridized carbons (Fsp3) is 0.393. The fourth-order valence-corrected chi connectivity index (χ4v) is 4.65. The van der Waals surface area contributed by atoms with Crippen molar-refractivity contribution in [1.82, 2.24) is 15.0 Å². The molecule has 36 heavy (non-hydrogen) atoms. The maximum Gasteiger partial charge on any atom is 0.259 e. The number of hydrogen-bond donors (Lipinski definition) is 0. The number of nitrogens with zero attached hydrogens (tertiary/aromatic N) is 3. The van der Waals surface area contributed by atoms with E-state index in [1.165, 1.54) is 12.1 Å². The molecule has 8 heteroatoms. The molecule has 0 N–H and O–H groups in total. The van der Waals surface area contributed by atoms with Crippen molar-refractivity contribution in [3.8, 4) is 5.75 Å². The van der Waals surface area contributed by atoms with Gasteiger partial charge in [0, 0.05) is 45.4 Å². The van der Waals surface area contributed by atoms with Crippen molar-refractivity contribution < 1.29 is 23.2 Å². The van der Waals surface area contributed by atoms with Crippen molar-refractivity contribution >= 4 is 11.8 Å². The van der Waals surface area contributed by atoms with Crippen molar-refractivity contribution in [1.29, 1.82) is 0 Å². The predicted molar refractivity (Wildman–Crippen MR) is 133 cm³/mol. The van der Waals surface area contributed by atoms with Crippen LogP contribution in [0.5, 0.6) is 5.75 Å². The maximum absolute atomic E-state index is 13.4. The van der Waals surface area contributed by atoms with E-state index in [0.717, 1.165) is 5.56 Å². The first-order chi connectivity index (χ1) is 17.4. The van der Waals surface area contributed by atoms with Crippen LogP contribution in [0, 0.1) is 18.7 Å². The van der Waals surface area contributed by atoms with Crippen molar-refractivity contribution in [3.05, 3.63) is 83.0 Å². The van der Waals surface area contributed by atoms with Gasteiger partial charge in [0.05, 0.1) is 5.69 Å². The molecule has 0 spiro atoms. The molecule has 0 radical (unpaired) electrons. The Labute approximate surface area is 210 Å². The van der Waals surface area contributed by atoms with Crippen molar-refractivity contribution in [2.45, 2.75) is 45.8 Å². The molecule has 190 valence electrons. The molecule has 3 aromatic rings. The minimum Gasteiger partial charge on any atom is -0.490 e. The quantitative estimate of drug-likeness (QED) is 0.457. The van der Waals surface area contributed by atoms with Crippen LogP contribution in [-0.4, -0.2) is 53.0 Å². The molecule has 0 bridgehead atoms. The standard InChI is InChI=1S/C28H32FN3O4/c1-4-24-27(19(2)36-30-24)28(34)32-15-14-25(35-23-12-10-22(29)11-13-23)21(18-32)16-26(33)31(3)17-20-8-6-5-7-9-20/h5-13,21,25H,4,14-18H2,1-3H3/t21-,25-/m0/s1. The summed E-state index contributed by atoms with van der Waals surface area (Å²) >= 11 is 0. The summed E-state index contributed by atoms with van der Waals surface area (Å²) in [6, 6.07) is 15.7. The average molecular weight is 494 g/mol. The van der Waals surface area contributed by atoms with E-state index in [0.29, 0.717) is 55.2 Å². The molecule has 2 aromatic carbocycles. The van der Waals surface area contributed by atoms with E-state index in [-0.39, 0.29) is 36.1 Å². The van der Waals surface area contributed by atoms with Gasteiger partial charge < -0.3 is 19.1 Å². The van der Waals surface area contributed by atoms with Crippen molar-refractivity contribution in [3.63, 3.8) is 0 Å². The highest BCUT2D eigenvalue weighted by Crippen LogP contribution is 2.28. The van der Waals surface area contributed by atoms with Crippen LogP contribution in [0.15, 0.2) is 59.1 Å². The number of rotatable bonds is 8. The highest BCUT2D eigenvalue weighted by atomic mass is 19.1. The van der Waals surface area contributed by atoms with Gasteiger partial charge in [0.25, 0.3) is 5.91 Å². The molecule has 1 aliphatic rings. The van der Waals surface area contributed by atoms with Gasteiger partial charge in [-0.05, 0) is 43.2 Å². The SMILES string of the molecule is CCc1noc(C)c1C(=O)N1CC[C@H](Oc2ccc(F)cc2)[C@@H](CC(=O)N(C)Cc2ccccc2)C1. The van der Waals surface area contributed by atoms with Crippen LogP contribution < -0.4 is 4.74 Å². The summed E-state index contributed by atoms with van der Waals surface area (Å²) in [5, 5.41) is 4.02. The summed E-state index contributed by atoms with van der Waals surface area (Å²) in [5.74, 6) is 0.301. The normalized spacial score (nSPS) is 17.6. The van der Waals surface area contributed by atoms with Crippen LogP contribution >= 0.6 is 0 Å². The Morgan fingerprint density at radius 3 is 2.58 bits per heavy atom. The molecule has 2 amide bonds. The number of aryl methyl sites for hydroxylation is 2. The molecule has 1 aromatic heterocycles. The van der Waals surface area contributed by atoms with Gasteiger partial charge >= 0.3 is 0 Å². The summed E-state index contributed by atoms with van der Waals surface area (Å²) in [6.45, 7) is 5.01. The van der Waals surface area contributed by atoms with E-state index in [4.69, 9.17) is 9.26 Å². The van der Waals surface area contributed by atoms with Crippen molar-refractivity contribution in [2.75, 3.05) is 20.1 Å². The van der Waals surface area contributed by atoms with Gasteiger partial charge in [-0.25, -0.2) is 4.39 Å². The van der Waals surface area contributed by atoms with Gasteiger partial charge in [-0.2, -0.15) is 0 Å². The third-order valence-corrected chi connectivity index (χ3v) is 6.66. The Morgan fingerprint density at radius 2 is 1.89 bits per heavy atom. The van der Waals surface area contributed by atoms with Gasteiger partial charge in [0.2, 0.25) is 5.91 Å². The Bertz CT molecular complexity index is 1180. The van der Waals surface area contributed by atoms with E-state index < -0.39 is 0 Å². The first-order valence-electron chi connectivity index (χ1n) is 12.3. The van der Waals surface area contributed by atoms with Gasteiger partial charge in [0.1, 0.15) is 29.0 Å². The second kappa shape index (κ2) is 11.4. The van der Waals surface area contributed by atoms with E-state index >= 15 is 0 Å². The van der Waals surface area contributed by atoms with E-state index in [2.05, 4.69) is 5.16 Å². The summed E-state index contributed by atoms with van der Waals surface area (Å²) in [5.41, 5.74) is 2.18. The highest BCUT2D eigenvalue weighted by molar-refractivity contribution is 5.96. The van der Waals surface area contributed by atoms with Gasteiger partial charge in [-0.15, -0.1) is 0 Å². The van der Waals surface area contributed by atoms with Crippen LogP contribution in [0.3, 0.4) is 0 Å². The zero-order valence-corrected chi connectivity index (χ0v) is 20.9. The van der Waals surface area contributed by atoms with Gasteiger partial charge in [-0.3, -0.25) is 9.59 Å². The monoisotopic (exact) mass is 493 g/mol. The number of carbonyl (C=O) groups excluding carboxylic acids is 2. The summed E-state index contributed by atoms with van der Waals surface area (Å²) < 4.78 is 24.9. The topological polar surface area (TPSA) is 75.9 Å². The number of hydrogen-bond acceptors (Lipinski definition) is 5. The Balaban J connectivity index is 1.51. The second-order valence-corrected chi connectivity index (χ2v) is 9.26. The lowest BCUT2D eigenvalue weighted by molar-refractivity contribution is -0.133. The molecule has 1 fully saturated rings. The van der Waals surface area contributed by atoms with Crippen LogP contribution in [-0.2, 0) is 17.8 Å². The molecule has 0 unspecified atom stereocenters. The Hall–Kier alpha value is -3.68. The molecule has 7 nitrogen and oxygen atoms in total. The third-order valence-electron chi connectivity index (χ3n) is 6.66. The van der Waals surface area contributed by atoms with Crippen molar-refractivity contribution in [2.24, 2.45) is 5.92 Å². The Kier molecular flexibility index (Phi) is 8.03. The minimum atomic E-state index is -0.340. The van der Waals surface area contributed by atoms with E-state index in [1.54, 1.807) is 35.9 Å². The van der Waals surface area contributed by atoms with Crippen LogP contribution in [0.4, 0.5) is 4.39 Å². The zero-order chi connectivity index (χ0) is 25.7. The molecule has 1 saturated heterocycles. The molecule has 1 aliphatic heterocycles. The van der Waals surface area contributed by atoms with Crippen LogP contribution in [0.1, 0.15) is 47.1 Å². The number of halogens is 1. The van der Waals surface area contributed by atoms with Gasteiger partial charge in [-0.1, -0.05) is 42.4 Å². The molecule has 2 heterocycles. The summed E-state index contributed by atoms with van der Waals surface area (Å²) in [4.78, 5) is 30.1. The van der Waals surface area contributed by atoms with Crippen LogP contribution in [0.2, 0.25) is 0 Å². The number of amides is 2. The largest absolute Gasteiger partial charge is 0.490 e. The molecule has 4 rings (SSSR count). The number of likely N-dealkylation sites (tertiary alicyclic amines) is 1. The summed E-state index contributed by atoms with van der Waals surface area (Å²) in [7, 11) is 1.78. The number of piperidine rings is 1. The number of aromatic nitrogens is 1. The lowest BCUT2D eigenvalue weighted by atomic mass is 9.90. The van der Waals surface area contributed by atoms with E-state index in [9.17, 15) is 14.0 Å². The molecular formula is C28H32FN3O4. The lowest BCUT2D eigenvalue weighted by Gasteiger charge is -2.39. The van der Waals surface area contributed by atoms with Crippen LogP contribution in [0.25, 0.3) is 0 Å². The number of benzene rings is 2. The molecular weight excluding hydrogens is 461 g/mol. The summed E-state index contributed by atoms with van der Waals surface area (Å²) in [6.07, 6.45) is 1.08. The highest BCUT2D eigenvalue weighted by Gasteiger charge is 2.36.